The van der Waals surface area contributed by atoms with Crippen LogP contribution in [0.15, 0.2) is 36.4 Å². The first-order valence-corrected chi connectivity index (χ1v) is 16.9. The topological polar surface area (TPSA) is 113 Å². The molecule has 0 radical (unpaired) electrons. The number of aryl methyl sites for hydroxylation is 1. The molecule has 0 saturated carbocycles. The lowest BCUT2D eigenvalue weighted by molar-refractivity contribution is -0.177. The summed E-state index contributed by atoms with van der Waals surface area (Å²) in [7, 11) is 0. The van der Waals surface area contributed by atoms with Gasteiger partial charge in [-0.3, -0.25) is 29.7 Å². The van der Waals surface area contributed by atoms with E-state index in [0.29, 0.717) is 18.4 Å². The molecular formula is C33H43Cl3F3N5O4. The van der Waals surface area contributed by atoms with Crippen LogP contribution in [0.3, 0.4) is 0 Å². The second-order valence-electron chi connectivity index (χ2n) is 12.9. The number of pyridine rings is 1. The summed E-state index contributed by atoms with van der Waals surface area (Å²) in [5, 5.41) is 7.19. The van der Waals surface area contributed by atoms with Crippen molar-refractivity contribution in [2.24, 2.45) is 11.3 Å². The van der Waals surface area contributed by atoms with Crippen molar-refractivity contribution in [3.05, 3.63) is 47.7 Å². The average molecular weight is 737 g/mol. The molecule has 3 rings (SSSR count). The van der Waals surface area contributed by atoms with E-state index in [1.165, 1.54) is 31.9 Å². The maximum Gasteiger partial charge on any atom is 0.404 e. The Balaban J connectivity index is 1.72. The quantitative estimate of drug-likeness (QED) is 0.173. The van der Waals surface area contributed by atoms with E-state index in [4.69, 9.17) is 39.5 Å². The van der Waals surface area contributed by atoms with Gasteiger partial charge in [-0.05, 0) is 49.8 Å². The number of hydrogen-bond donors (Lipinski definition) is 3. The maximum atomic E-state index is 14.6. The van der Waals surface area contributed by atoms with Crippen molar-refractivity contribution in [2.75, 3.05) is 13.2 Å². The molecule has 1 saturated heterocycles. The van der Waals surface area contributed by atoms with Crippen LogP contribution in [0.1, 0.15) is 65.6 Å². The van der Waals surface area contributed by atoms with Crippen LogP contribution in [0.2, 0.25) is 0 Å². The van der Waals surface area contributed by atoms with E-state index in [0.717, 1.165) is 23.0 Å². The number of benzene rings is 1. The molecule has 3 N–H and O–H groups in total. The van der Waals surface area contributed by atoms with E-state index in [1.807, 2.05) is 37.3 Å². The highest BCUT2D eigenvalue weighted by atomic mass is 35.6. The zero-order chi connectivity index (χ0) is 36.0. The largest absolute Gasteiger partial charge is 0.460 e. The molecule has 266 valence electrons. The summed E-state index contributed by atoms with van der Waals surface area (Å²) in [5.41, 5.74) is 3.62. The zero-order valence-electron chi connectivity index (χ0n) is 27.8. The second-order valence-corrected chi connectivity index (χ2v) is 15.4. The molecule has 1 aromatic heterocycles. The number of nitrogens with one attached hydrogen (secondary N) is 3. The van der Waals surface area contributed by atoms with Crippen molar-refractivity contribution in [3.63, 3.8) is 0 Å². The maximum absolute atomic E-state index is 14.6. The lowest BCUT2D eigenvalue weighted by Crippen LogP contribution is -2.63. The molecule has 1 aliphatic heterocycles. The summed E-state index contributed by atoms with van der Waals surface area (Å²) in [6, 6.07) is 3.97. The number of esters is 1. The van der Waals surface area contributed by atoms with E-state index in [9.17, 15) is 27.6 Å². The number of hydrazine groups is 1. The number of rotatable bonds is 12. The van der Waals surface area contributed by atoms with Crippen molar-refractivity contribution in [1.82, 2.24) is 26.1 Å². The van der Waals surface area contributed by atoms with Crippen LogP contribution in [-0.4, -0.2) is 75.1 Å². The Morgan fingerprint density at radius 1 is 1.12 bits per heavy atom. The van der Waals surface area contributed by atoms with Gasteiger partial charge < -0.3 is 10.1 Å². The lowest BCUT2D eigenvalue weighted by Gasteiger charge is -2.38. The number of ether oxygens (including phenoxy) is 1. The van der Waals surface area contributed by atoms with E-state index in [-0.39, 0.29) is 6.54 Å². The Bertz CT molecular complexity index is 1480. The molecule has 0 aliphatic carbocycles. The highest BCUT2D eigenvalue weighted by Crippen LogP contribution is 2.36. The normalized spacial score (nSPS) is 18.2. The number of alkyl halides is 6. The standard InChI is InChI=1S/C33H43Cl3F3N5O4/c1-7-23-13-12-22-11-10-21(17-25(22)41-23)14-15-31(5,6)30(33(37,38)39)42-26(19(2)3)27(45)40-20(4)28(46)44-16-8-9-24(43-44)29(47)48-18-32(34,35)36/h10-15,17,19-20,24,26,30,42-43H,7-9,16,18H2,1-6H3,(H,40,45)/b15-14+. The molecule has 0 spiro atoms. The van der Waals surface area contributed by atoms with Gasteiger partial charge in [0, 0.05) is 23.0 Å². The summed E-state index contributed by atoms with van der Waals surface area (Å²) in [5.74, 6) is -2.65. The minimum absolute atomic E-state index is 0.225. The fourth-order valence-electron chi connectivity index (χ4n) is 5.33. The van der Waals surface area contributed by atoms with Gasteiger partial charge in [0.1, 0.15) is 24.7 Å². The molecule has 4 unspecified atom stereocenters. The highest BCUT2D eigenvalue weighted by Gasteiger charge is 2.50. The summed E-state index contributed by atoms with van der Waals surface area (Å²) < 4.78 is 47.0. The highest BCUT2D eigenvalue weighted by molar-refractivity contribution is 6.67. The van der Waals surface area contributed by atoms with E-state index in [1.54, 1.807) is 19.9 Å². The third-order valence-electron chi connectivity index (χ3n) is 8.05. The van der Waals surface area contributed by atoms with E-state index < -0.39 is 69.9 Å². The van der Waals surface area contributed by atoms with Crippen LogP contribution in [-0.2, 0) is 25.5 Å². The third-order valence-corrected chi connectivity index (χ3v) is 8.38. The molecule has 2 aromatic rings. The minimum Gasteiger partial charge on any atom is -0.460 e. The van der Waals surface area contributed by atoms with Gasteiger partial charge in [-0.25, -0.2) is 5.43 Å². The molecule has 15 heteroatoms. The number of halogens is 6. The van der Waals surface area contributed by atoms with Gasteiger partial charge >= 0.3 is 12.1 Å². The van der Waals surface area contributed by atoms with Crippen molar-refractivity contribution in [3.8, 4) is 0 Å². The summed E-state index contributed by atoms with van der Waals surface area (Å²) in [6.07, 6.45) is -0.0796. The Hall–Kier alpha value is -2.64. The van der Waals surface area contributed by atoms with Gasteiger partial charge in [0.2, 0.25) is 9.70 Å². The van der Waals surface area contributed by atoms with Crippen molar-refractivity contribution >= 4 is 69.6 Å². The van der Waals surface area contributed by atoms with Crippen LogP contribution in [0.25, 0.3) is 17.0 Å². The molecule has 1 aliphatic rings. The van der Waals surface area contributed by atoms with Crippen LogP contribution < -0.4 is 16.1 Å². The number of aromatic nitrogens is 1. The summed E-state index contributed by atoms with van der Waals surface area (Å²) in [4.78, 5) is 43.6. The lowest BCUT2D eigenvalue weighted by atomic mass is 9.82. The Morgan fingerprint density at radius 3 is 2.40 bits per heavy atom. The van der Waals surface area contributed by atoms with Crippen molar-refractivity contribution < 1.29 is 32.3 Å². The SMILES string of the molecule is CCc1ccc2ccc(/C=C/C(C)(C)C(NC(C(=O)NC(C)C(=O)N3CCCC(C(=O)OCC(Cl)(Cl)Cl)N3)C(C)C)C(F)(F)F)cc2n1. The smallest absolute Gasteiger partial charge is 0.404 e. The molecule has 9 nitrogen and oxygen atoms in total. The number of carbonyl (C=O) groups is 3. The fraction of sp³-hybridized carbons (Fsp3) is 0.576. The molecule has 1 fully saturated rings. The molecule has 4 atom stereocenters. The third kappa shape index (κ3) is 11.2. The monoisotopic (exact) mass is 735 g/mol. The predicted octanol–water partition coefficient (Wildman–Crippen LogP) is 6.30. The molecule has 2 heterocycles. The molecule has 48 heavy (non-hydrogen) atoms. The number of hydrogen-bond acceptors (Lipinski definition) is 7. The molecule has 2 amide bonds. The molecular weight excluding hydrogens is 694 g/mol. The first-order valence-electron chi connectivity index (χ1n) is 15.7. The number of nitrogens with zero attached hydrogens (tertiary/aromatic N) is 2. The van der Waals surface area contributed by atoms with Gasteiger partial charge in [0.25, 0.3) is 5.91 Å². The Kier molecular flexibility index (Phi) is 13.6. The second kappa shape index (κ2) is 16.4. The van der Waals surface area contributed by atoms with Crippen LogP contribution in [0.5, 0.6) is 0 Å². The summed E-state index contributed by atoms with van der Waals surface area (Å²) in [6.45, 7) is 9.28. The summed E-state index contributed by atoms with van der Waals surface area (Å²) >= 11 is 16.9. The molecule has 0 bridgehead atoms. The first-order chi connectivity index (χ1) is 22.2. The number of fused-ring (bicyclic) bond motifs is 1. The average Bonchev–Trinajstić information content (AvgIpc) is 3.00. The van der Waals surface area contributed by atoms with Crippen LogP contribution >= 0.6 is 34.8 Å². The van der Waals surface area contributed by atoms with Crippen molar-refractivity contribution in [2.45, 2.75) is 94.9 Å². The van der Waals surface area contributed by atoms with E-state index >= 15 is 0 Å². The first kappa shape index (κ1) is 39.8. The Labute approximate surface area is 294 Å². The van der Waals surface area contributed by atoms with Gasteiger partial charge in [0.05, 0.1) is 11.6 Å². The van der Waals surface area contributed by atoms with Crippen molar-refractivity contribution in [1.29, 1.82) is 0 Å². The van der Waals surface area contributed by atoms with Crippen LogP contribution in [0, 0.1) is 11.3 Å². The fourth-order valence-corrected chi connectivity index (χ4v) is 5.50. The Morgan fingerprint density at radius 2 is 1.79 bits per heavy atom. The number of amides is 2. The molecule has 1 aromatic carbocycles. The van der Waals surface area contributed by atoms with Gasteiger partial charge in [-0.15, -0.1) is 0 Å². The van der Waals surface area contributed by atoms with Gasteiger partial charge in [-0.2, -0.15) is 13.2 Å². The minimum atomic E-state index is -4.72. The zero-order valence-corrected chi connectivity index (χ0v) is 30.0. The predicted molar refractivity (Wildman–Crippen MR) is 182 cm³/mol. The van der Waals surface area contributed by atoms with E-state index in [2.05, 4.69) is 21.0 Å². The van der Waals surface area contributed by atoms with Gasteiger partial charge in [-0.1, -0.05) is 99.8 Å². The van der Waals surface area contributed by atoms with Gasteiger partial charge in [0.15, 0.2) is 0 Å². The van der Waals surface area contributed by atoms with Crippen LogP contribution in [0.4, 0.5) is 13.2 Å². The number of carbonyl (C=O) groups excluding carboxylic acids is 3.